The Bertz CT molecular complexity index is 501. The number of hydrogen-bond donors (Lipinski definition) is 2. The van der Waals surface area contributed by atoms with Crippen molar-refractivity contribution in [1.82, 2.24) is 0 Å². The second kappa shape index (κ2) is 4.64. The average molecular weight is 250 g/mol. The Hall–Kier alpha value is -2.11. The molecule has 0 radical (unpaired) electrons. The molecule has 0 spiro atoms. The summed E-state index contributed by atoms with van der Waals surface area (Å²) in [7, 11) is 0. The molecular formula is C12H14N2O4. The molecule has 0 amide bonds. The average Bonchev–Trinajstić information content (AvgIpc) is 3.07. The van der Waals surface area contributed by atoms with Crippen LogP contribution in [-0.2, 0) is 0 Å². The van der Waals surface area contributed by atoms with Crippen molar-refractivity contribution >= 4 is 17.3 Å². The molecule has 2 unspecified atom stereocenters. The van der Waals surface area contributed by atoms with Crippen LogP contribution in [0.2, 0.25) is 0 Å². The van der Waals surface area contributed by atoms with E-state index in [1.807, 2.05) is 0 Å². The van der Waals surface area contributed by atoms with Crippen molar-refractivity contribution in [2.75, 3.05) is 5.32 Å². The fourth-order valence-corrected chi connectivity index (χ4v) is 2.01. The van der Waals surface area contributed by atoms with E-state index in [0.717, 1.165) is 18.9 Å². The Morgan fingerprint density at radius 1 is 1.61 bits per heavy atom. The number of aromatic carboxylic acids is 1. The molecule has 1 aromatic carbocycles. The summed E-state index contributed by atoms with van der Waals surface area (Å²) in [6.07, 6.45) is 2.05. The number of benzene rings is 1. The lowest BCUT2D eigenvalue weighted by molar-refractivity contribution is -0.384. The highest BCUT2D eigenvalue weighted by Gasteiger charge is 2.36. The van der Waals surface area contributed by atoms with E-state index in [1.54, 1.807) is 0 Å². The van der Waals surface area contributed by atoms with Gasteiger partial charge in [-0.1, -0.05) is 13.3 Å². The number of carbonyl (C=O) groups is 1. The van der Waals surface area contributed by atoms with Crippen LogP contribution in [-0.4, -0.2) is 22.0 Å². The van der Waals surface area contributed by atoms with Gasteiger partial charge < -0.3 is 10.4 Å². The van der Waals surface area contributed by atoms with Crippen molar-refractivity contribution in [3.8, 4) is 0 Å². The first-order chi connectivity index (χ1) is 8.52. The normalized spacial score (nSPS) is 21.4. The van der Waals surface area contributed by atoms with E-state index >= 15 is 0 Å². The summed E-state index contributed by atoms with van der Waals surface area (Å²) in [5.41, 5.74) is 0.137. The lowest BCUT2D eigenvalue weighted by atomic mass is 10.1. The van der Waals surface area contributed by atoms with Gasteiger partial charge in [0.25, 0.3) is 5.69 Å². The number of nitrogens with one attached hydrogen (secondary N) is 1. The highest BCUT2D eigenvalue weighted by molar-refractivity contribution is 5.89. The van der Waals surface area contributed by atoms with Crippen molar-refractivity contribution in [3.05, 3.63) is 33.9 Å². The highest BCUT2D eigenvalue weighted by atomic mass is 16.6. The zero-order valence-corrected chi connectivity index (χ0v) is 9.92. The van der Waals surface area contributed by atoms with E-state index < -0.39 is 10.9 Å². The van der Waals surface area contributed by atoms with Crippen LogP contribution in [0.4, 0.5) is 11.4 Å². The molecule has 1 aliphatic carbocycles. The molecule has 0 bridgehead atoms. The molecule has 2 rings (SSSR count). The lowest BCUT2D eigenvalue weighted by Crippen LogP contribution is -2.08. The summed E-state index contributed by atoms with van der Waals surface area (Å²) < 4.78 is 0. The topological polar surface area (TPSA) is 92.5 Å². The maximum atomic E-state index is 10.9. The largest absolute Gasteiger partial charge is 0.478 e. The number of hydrogen-bond acceptors (Lipinski definition) is 4. The predicted molar refractivity (Wildman–Crippen MR) is 65.9 cm³/mol. The van der Waals surface area contributed by atoms with Gasteiger partial charge in [0.05, 0.1) is 10.5 Å². The van der Waals surface area contributed by atoms with Crippen LogP contribution in [0, 0.1) is 16.0 Å². The number of nitro groups is 1. The first-order valence-corrected chi connectivity index (χ1v) is 5.81. The summed E-state index contributed by atoms with van der Waals surface area (Å²) in [5, 5.41) is 22.8. The molecule has 0 aromatic heterocycles. The van der Waals surface area contributed by atoms with Crippen molar-refractivity contribution < 1.29 is 14.8 Å². The van der Waals surface area contributed by atoms with Crippen molar-refractivity contribution in [3.63, 3.8) is 0 Å². The van der Waals surface area contributed by atoms with Gasteiger partial charge in [-0.25, -0.2) is 4.79 Å². The maximum Gasteiger partial charge on any atom is 0.335 e. The molecule has 1 aliphatic rings. The van der Waals surface area contributed by atoms with Gasteiger partial charge >= 0.3 is 5.97 Å². The third-order valence-electron chi connectivity index (χ3n) is 3.23. The molecule has 1 fully saturated rings. The van der Waals surface area contributed by atoms with Crippen LogP contribution in [0.1, 0.15) is 30.1 Å². The van der Waals surface area contributed by atoms with Crippen molar-refractivity contribution in [2.45, 2.75) is 25.8 Å². The first-order valence-electron chi connectivity index (χ1n) is 5.81. The number of carboxylic acid groups (broad SMARTS) is 1. The predicted octanol–water partition coefficient (Wildman–Crippen LogP) is 2.50. The summed E-state index contributed by atoms with van der Waals surface area (Å²) in [4.78, 5) is 21.1. The minimum absolute atomic E-state index is 0.0740. The van der Waals surface area contributed by atoms with Gasteiger partial charge in [0.2, 0.25) is 0 Å². The summed E-state index contributed by atoms with van der Waals surface area (Å²) in [6, 6.07) is 4.20. The molecule has 0 heterocycles. The van der Waals surface area contributed by atoms with Gasteiger partial charge in [-0.2, -0.15) is 0 Å². The lowest BCUT2D eigenvalue weighted by Gasteiger charge is -2.07. The molecular weight excluding hydrogens is 236 g/mol. The van der Waals surface area contributed by atoms with Gasteiger partial charge in [-0.3, -0.25) is 10.1 Å². The number of carboxylic acids is 1. The van der Waals surface area contributed by atoms with E-state index in [9.17, 15) is 14.9 Å². The van der Waals surface area contributed by atoms with Crippen LogP contribution in [0.3, 0.4) is 0 Å². The van der Waals surface area contributed by atoms with Gasteiger partial charge in [-0.05, 0) is 24.5 Å². The molecule has 1 saturated carbocycles. The van der Waals surface area contributed by atoms with Crippen molar-refractivity contribution in [1.29, 1.82) is 0 Å². The molecule has 18 heavy (non-hydrogen) atoms. The van der Waals surface area contributed by atoms with E-state index in [-0.39, 0.29) is 17.3 Å². The monoisotopic (exact) mass is 250 g/mol. The van der Waals surface area contributed by atoms with Gasteiger partial charge in [0.1, 0.15) is 5.69 Å². The van der Waals surface area contributed by atoms with Gasteiger partial charge in [-0.15, -0.1) is 0 Å². The minimum Gasteiger partial charge on any atom is -0.478 e. The Kier molecular flexibility index (Phi) is 3.18. The third-order valence-corrected chi connectivity index (χ3v) is 3.23. The van der Waals surface area contributed by atoms with Gasteiger partial charge in [0, 0.05) is 12.1 Å². The van der Waals surface area contributed by atoms with Crippen LogP contribution in [0.25, 0.3) is 0 Å². The van der Waals surface area contributed by atoms with E-state index in [1.165, 1.54) is 12.1 Å². The van der Waals surface area contributed by atoms with E-state index in [2.05, 4.69) is 12.2 Å². The Labute approximate surface area is 104 Å². The molecule has 2 atom stereocenters. The fraction of sp³-hybridized carbons (Fsp3) is 0.417. The number of rotatable bonds is 5. The first kappa shape index (κ1) is 12.3. The smallest absolute Gasteiger partial charge is 0.335 e. The number of anilines is 1. The second-order valence-corrected chi connectivity index (χ2v) is 4.45. The maximum absolute atomic E-state index is 10.9. The second-order valence-electron chi connectivity index (χ2n) is 4.45. The summed E-state index contributed by atoms with van der Waals surface area (Å²) >= 11 is 0. The van der Waals surface area contributed by atoms with E-state index in [4.69, 9.17) is 5.11 Å². The van der Waals surface area contributed by atoms with Crippen LogP contribution in [0.5, 0.6) is 0 Å². The number of nitrogens with zero attached hydrogens (tertiary/aromatic N) is 1. The van der Waals surface area contributed by atoms with Crippen molar-refractivity contribution in [2.24, 2.45) is 5.92 Å². The zero-order chi connectivity index (χ0) is 13.3. The third kappa shape index (κ3) is 2.42. The molecule has 0 saturated heterocycles. The summed E-state index contributed by atoms with van der Waals surface area (Å²) in [5.74, 6) is -0.605. The minimum atomic E-state index is -1.16. The van der Waals surface area contributed by atoms with Gasteiger partial charge in [0.15, 0.2) is 0 Å². The van der Waals surface area contributed by atoms with Crippen LogP contribution in [0.15, 0.2) is 18.2 Å². The Morgan fingerprint density at radius 2 is 2.33 bits per heavy atom. The fourth-order valence-electron chi connectivity index (χ4n) is 2.01. The molecule has 2 N–H and O–H groups in total. The van der Waals surface area contributed by atoms with Crippen LogP contribution >= 0.6 is 0 Å². The van der Waals surface area contributed by atoms with E-state index in [0.29, 0.717) is 11.6 Å². The number of nitro benzene ring substituents is 1. The molecule has 96 valence electrons. The molecule has 6 heteroatoms. The SMILES string of the molecule is CCC1CC1Nc1ccc(C(=O)O)cc1[N+](=O)[O-]. The van der Waals surface area contributed by atoms with Crippen LogP contribution < -0.4 is 5.32 Å². The highest BCUT2D eigenvalue weighted by Crippen LogP contribution is 2.38. The molecule has 1 aromatic rings. The molecule has 0 aliphatic heterocycles. The standard InChI is InChI=1S/C12H14N2O4/c1-2-7-5-10(7)13-9-4-3-8(12(15)16)6-11(9)14(17)18/h3-4,6-7,10,13H,2,5H2,1H3,(H,15,16). The Balaban J connectivity index is 2.24. The summed E-state index contributed by atoms with van der Waals surface area (Å²) in [6.45, 7) is 2.08. The molecule has 6 nitrogen and oxygen atoms in total. The Morgan fingerprint density at radius 3 is 2.83 bits per heavy atom. The zero-order valence-electron chi connectivity index (χ0n) is 9.92. The quantitative estimate of drug-likeness (QED) is 0.618.